The summed E-state index contributed by atoms with van der Waals surface area (Å²) in [6, 6.07) is 5.62. The number of hydrogen-bond donors (Lipinski definition) is 1. The minimum atomic E-state index is -0.162. The second kappa shape index (κ2) is 8.22. The van der Waals surface area contributed by atoms with E-state index in [1.165, 1.54) is 5.56 Å². The first-order valence-electron chi connectivity index (χ1n) is 7.77. The van der Waals surface area contributed by atoms with E-state index in [-0.39, 0.29) is 5.91 Å². The molecule has 6 heteroatoms. The molecule has 0 aliphatic carbocycles. The quantitative estimate of drug-likeness (QED) is 0.846. The second-order valence-corrected chi connectivity index (χ2v) is 5.87. The van der Waals surface area contributed by atoms with Gasteiger partial charge in [0.2, 0.25) is 5.95 Å². The molecule has 0 spiro atoms. The van der Waals surface area contributed by atoms with Gasteiger partial charge in [0.1, 0.15) is 5.69 Å². The fraction of sp³-hybridized carbons (Fsp3) is 0.412. The molecule has 0 fully saturated rings. The molecule has 0 atom stereocenters. The number of rotatable bonds is 7. The first kappa shape index (κ1) is 16.9. The van der Waals surface area contributed by atoms with Crippen molar-refractivity contribution in [1.82, 2.24) is 20.3 Å². The molecule has 2 rings (SSSR count). The van der Waals surface area contributed by atoms with Gasteiger partial charge in [-0.15, -0.1) is 0 Å². The van der Waals surface area contributed by atoms with Crippen LogP contribution in [0.1, 0.15) is 29.9 Å². The summed E-state index contributed by atoms with van der Waals surface area (Å²) in [5.41, 5.74) is 1.60. The molecule has 0 unspecified atom stereocenters. The molecule has 0 radical (unpaired) electrons. The van der Waals surface area contributed by atoms with Gasteiger partial charge in [-0.3, -0.25) is 9.78 Å². The lowest BCUT2D eigenvalue weighted by molar-refractivity contribution is 0.0944. The molecular weight excluding hydrogens is 290 g/mol. The molecule has 0 aromatic carbocycles. The number of carbonyl (C=O) groups excluding carboxylic acids is 1. The van der Waals surface area contributed by atoms with Gasteiger partial charge in [-0.2, -0.15) is 0 Å². The predicted octanol–water partition coefficient (Wildman–Crippen LogP) is 1.94. The average Bonchev–Trinajstić information content (AvgIpc) is 2.58. The van der Waals surface area contributed by atoms with E-state index in [1.807, 2.05) is 24.1 Å². The molecule has 6 nitrogen and oxygen atoms in total. The second-order valence-electron chi connectivity index (χ2n) is 5.87. The Morgan fingerprint density at radius 3 is 2.65 bits per heavy atom. The summed E-state index contributed by atoms with van der Waals surface area (Å²) in [6.07, 6.45) is 6.05. The normalized spacial score (nSPS) is 10.6. The SMILES string of the molecule is CC(C)CNC(=O)c1ccnc(N(C)CCc2ccncc2)n1. The Hall–Kier alpha value is -2.50. The number of amides is 1. The molecule has 1 amide bonds. The van der Waals surface area contributed by atoms with E-state index in [2.05, 4.69) is 34.1 Å². The van der Waals surface area contributed by atoms with Crippen molar-refractivity contribution in [3.63, 3.8) is 0 Å². The van der Waals surface area contributed by atoms with Crippen LogP contribution in [-0.4, -0.2) is 41.0 Å². The van der Waals surface area contributed by atoms with E-state index in [1.54, 1.807) is 24.7 Å². The highest BCUT2D eigenvalue weighted by Crippen LogP contribution is 2.08. The van der Waals surface area contributed by atoms with Crippen LogP contribution in [0.4, 0.5) is 5.95 Å². The Morgan fingerprint density at radius 2 is 1.96 bits per heavy atom. The lowest BCUT2D eigenvalue weighted by Gasteiger charge is -2.17. The number of nitrogens with zero attached hydrogens (tertiary/aromatic N) is 4. The average molecular weight is 313 g/mol. The van der Waals surface area contributed by atoms with Crippen molar-refractivity contribution in [2.45, 2.75) is 20.3 Å². The van der Waals surface area contributed by atoms with E-state index < -0.39 is 0 Å². The molecule has 1 N–H and O–H groups in total. The van der Waals surface area contributed by atoms with E-state index in [4.69, 9.17) is 0 Å². The highest BCUT2D eigenvalue weighted by Gasteiger charge is 2.11. The molecular formula is C17H23N5O. The molecule has 0 saturated carbocycles. The third kappa shape index (κ3) is 5.32. The number of carbonyl (C=O) groups is 1. The molecule has 2 heterocycles. The maximum Gasteiger partial charge on any atom is 0.270 e. The van der Waals surface area contributed by atoms with Crippen LogP contribution in [0.2, 0.25) is 0 Å². The third-order valence-electron chi connectivity index (χ3n) is 3.37. The van der Waals surface area contributed by atoms with Crippen molar-refractivity contribution in [3.8, 4) is 0 Å². The van der Waals surface area contributed by atoms with Gasteiger partial charge in [-0.1, -0.05) is 13.8 Å². The number of hydrogen-bond acceptors (Lipinski definition) is 5. The molecule has 2 aromatic heterocycles. The minimum Gasteiger partial charge on any atom is -0.350 e. The van der Waals surface area contributed by atoms with Gasteiger partial charge in [0.15, 0.2) is 0 Å². The van der Waals surface area contributed by atoms with Gasteiger partial charge < -0.3 is 10.2 Å². The van der Waals surface area contributed by atoms with Crippen molar-refractivity contribution in [2.24, 2.45) is 5.92 Å². The summed E-state index contributed by atoms with van der Waals surface area (Å²) in [6.45, 7) is 5.51. The Morgan fingerprint density at radius 1 is 1.22 bits per heavy atom. The van der Waals surface area contributed by atoms with E-state index in [0.717, 1.165) is 13.0 Å². The van der Waals surface area contributed by atoms with Crippen LogP contribution in [0.15, 0.2) is 36.8 Å². The molecule has 23 heavy (non-hydrogen) atoms. The Bertz CT molecular complexity index is 630. The molecule has 0 aliphatic rings. The lowest BCUT2D eigenvalue weighted by Crippen LogP contribution is -2.29. The fourth-order valence-electron chi connectivity index (χ4n) is 1.99. The van der Waals surface area contributed by atoms with Crippen LogP contribution in [0, 0.1) is 5.92 Å². The lowest BCUT2D eigenvalue weighted by atomic mass is 10.2. The maximum atomic E-state index is 12.1. The standard InChI is InChI=1S/C17H23N5O/c1-13(2)12-20-16(23)15-6-10-19-17(21-15)22(3)11-7-14-4-8-18-9-5-14/h4-6,8-10,13H,7,11-12H2,1-3H3,(H,20,23). The summed E-state index contributed by atoms with van der Waals surface area (Å²) >= 11 is 0. The highest BCUT2D eigenvalue weighted by molar-refractivity contribution is 5.92. The zero-order chi connectivity index (χ0) is 16.7. The van der Waals surface area contributed by atoms with Crippen LogP contribution >= 0.6 is 0 Å². The van der Waals surface area contributed by atoms with E-state index >= 15 is 0 Å². The van der Waals surface area contributed by atoms with E-state index in [0.29, 0.717) is 24.1 Å². The van der Waals surface area contributed by atoms with Crippen molar-refractivity contribution in [3.05, 3.63) is 48.0 Å². The van der Waals surface area contributed by atoms with Gasteiger partial charge in [0.05, 0.1) is 0 Å². The van der Waals surface area contributed by atoms with Gasteiger partial charge >= 0.3 is 0 Å². The molecule has 2 aromatic rings. The largest absolute Gasteiger partial charge is 0.350 e. The Kier molecular flexibility index (Phi) is 6.02. The number of likely N-dealkylation sites (N-methyl/N-ethyl adjacent to an activating group) is 1. The van der Waals surface area contributed by atoms with Crippen LogP contribution < -0.4 is 10.2 Å². The van der Waals surface area contributed by atoms with Crippen molar-refractivity contribution < 1.29 is 4.79 Å². The van der Waals surface area contributed by atoms with Crippen LogP contribution in [0.25, 0.3) is 0 Å². The molecule has 0 aliphatic heterocycles. The number of aromatic nitrogens is 3. The number of pyridine rings is 1. The highest BCUT2D eigenvalue weighted by atomic mass is 16.1. The first-order valence-corrected chi connectivity index (χ1v) is 7.77. The minimum absolute atomic E-state index is 0.162. The Balaban J connectivity index is 1.96. The topological polar surface area (TPSA) is 71.0 Å². The smallest absolute Gasteiger partial charge is 0.270 e. The van der Waals surface area contributed by atoms with Gasteiger partial charge in [-0.05, 0) is 36.1 Å². The zero-order valence-electron chi connectivity index (χ0n) is 13.9. The fourth-order valence-corrected chi connectivity index (χ4v) is 1.99. The first-order chi connectivity index (χ1) is 11.1. The van der Waals surface area contributed by atoms with E-state index in [9.17, 15) is 4.79 Å². The number of nitrogens with one attached hydrogen (secondary N) is 1. The van der Waals surface area contributed by atoms with Crippen LogP contribution in [-0.2, 0) is 6.42 Å². The summed E-state index contributed by atoms with van der Waals surface area (Å²) in [4.78, 5) is 26.6. The third-order valence-corrected chi connectivity index (χ3v) is 3.37. The maximum absolute atomic E-state index is 12.1. The monoisotopic (exact) mass is 313 g/mol. The Labute approximate surface area is 137 Å². The van der Waals surface area contributed by atoms with Crippen LogP contribution in [0.3, 0.4) is 0 Å². The van der Waals surface area contributed by atoms with Gasteiger partial charge in [-0.25, -0.2) is 9.97 Å². The van der Waals surface area contributed by atoms with Crippen LogP contribution in [0.5, 0.6) is 0 Å². The summed E-state index contributed by atoms with van der Waals surface area (Å²) in [5, 5.41) is 2.87. The van der Waals surface area contributed by atoms with Crippen molar-refractivity contribution in [2.75, 3.05) is 25.0 Å². The number of anilines is 1. The summed E-state index contributed by atoms with van der Waals surface area (Å²) in [7, 11) is 1.92. The van der Waals surface area contributed by atoms with Crippen molar-refractivity contribution >= 4 is 11.9 Å². The molecule has 122 valence electrons. The van der Waals surface area contributed by atoms with Gasteiger partial charge in [0, 0.05) is 38.7 Å². The zero-order valence-corrected chi connectivity index (χ0v) is 13.9. The predicted molar refractivity (Wildman–Crippen MR) is 90.4 cm³/mol. The summed E-state index contributed by atoms with van der Waals surface area (Å²) < 4.78 is 0. The molecule has 0 saturated heterocycles. The van der Waals surface area contributed by atoms with Crippen molar-refractivity contribution in [1.29, 1.82) is 0 Å². The summed E-state index contributed by atoms with van der Waals surface area (Å²) in [5.74, 6) is 0.796. The van der Waals surface area contributed by atoms with Gasteiger partial charge in [0.25, 0.3) is 5.91 Å². The molecule has 0 bridgehead atoms.